The third-order valence-electron chi connectivity index (χ3n) is 7.47. The Hall–Kier alpha value is -1.24. The predicted octanol–water partition coefficient (Wildman–Crippen LogP) is 1.61. The van der Waals surface area contributed by atoms with Gasteiger partial charge in [0.25, 0.3) is 13.7 Å². The number of phosphoric ester groups is 1. The highest BCUT2D eigenvalue weighted by atomic mass is 31.2. The number of hydrogen-bond acceptors (Lipinski definition) is 4. The Bertz CT molecular complexity index is 845. The van der Waals surface area contributed by atoms with Crippen LogP contribution in [0, 0.1) is 5.92 Å². The van der Waals surface area contributed by atoms with Crippen LogP contribution in [0.25, 0.3) is 0 Å². The summed E-state index contributed by atoms with van der Waals surface area (Å²) in [7, 11) is -4.74. The number of carbonyl (C=O) groups excluding carboxylic acids is 1. The molecule has 4 heterocycles. The van der Waals surface area contributed by atoms with Crippen molar-refractivity contribution >= 4 is 13.7 Å². The summed E-state index contributed by atoms with van der Waals surface area (Å²) in [5, 5.41) is 0. The minimum atomic E-state index is -4.74. The Morgan fingerprint density at radius 1 is 1.29 bits per heavy atom. The number of aryl methyl sites for hydroxylation is 1. The number of piperidine rings is 3. The topological polar surface area (TPSA) is 89.9 Å². The van der Waals surface area contributed by atoms with Crippen LogP contribution in [0.5, 0.6) is 0 Å². The molecule has 0 aromatic heterocycles. The highest BCUT2D eigenvalue weighted by Crippen LogP contribution is 2.44. The van der Waals surface area contributed by atoms with Gasteiger partial charge in [-0.15, -0.1) is 0 Å². The van der Waals surface area contributed by atoms with E-state index in [0.717, 1.165) is 50.9 Å². The van der Waals surface area contributed by atoms with E-state index >= 15 is 0 Å². The van der Waals surface area contributed by atoms with E-state index in [2.05, 4.69) is 11.0 Å². The molecular weight excluding hydrogens is 379 g/mol. The molecule has 6 rings (SSSR count). The lowest BCUT2D eigenvalue weighted by molar-refractivity contribution is -0.958. The van der Waals surface area contributed by atoms with Gasteiger partial charge in [-0.2, -0.15) is 0 Å². The molecule has 1 N–H and O–H groups in total. The van der Waals surface area contributed by atoms with Crippen molar-refractivity contribution in [2.45, 2.75) is 44.1 Å². The van der Waals surface area contributed by atoms with Crippen molar-refractivity contribution in [1.29, 1.82) is 0 Å². The molecule has 1 amide bonds. The number of carbonyl (C=O) groups is 1. The molecule has 2 bridgehead atoms. The number of quaternary nitrogens is 1. The van der Waals surface area contributed by atoms with E-state index in [4.69, 9.17) is 9.42 Å². The van der Waals surface area contributed by atoms with E-state index in [9.17, 15) is 14.3 Å². The Labute approximate surface area is 165 Å². The molecule has 5 aliphatic rings. The molecule has 7 nitrogen and oxygen atoms in total. The van der Waals surface area contributed by atoms with Crippen LogP contribution in [0.15, 0.2) is 18.2 Å². The Morgan fingerprint density at radius 2 is 2.07 bits per heavy atom. The van der Waals surface area contributed by atoms with Gasteiger partial charge in [0.1, 0.15) is 6.54 Å². The van der Waals surface area contributed by atoms with Crippen LogP contribution in [-0.2, 0) is 15.5 Å². The largest absolute Gasteiger partial charge is 0.756 e. The van der Waals surface area contributed by atoms with Crippen LogP contribution < -0.4 is 4.89 Å². The zero-order chi connectivity index (χ0) is 19.5. The first-order chi connectivity index (χ1) is 13.4. The minimum absolute atomic E-state index is 0.0350. The first-order valence-electron chi connectivity index (χ1n) is 10.3. The Kier molecular flexibility index (Phi) is 4.45. The van der Waals surface area contributed by atoms with Crippen LogP contribution in [0.2, 0.25) is 0 Å². The molecule has 3 fully saturated rings. The molecule has 1 aromatic rings. The van der Waals surface area contributed by atoms with E-state index in [0.29, 0.717) is 22.9 Å². The number of amides is 1. The highest BCUT2D eigenvalue weighted by molar-refractivity contribution is 7.44. The van der Waals surface area contributed by atoms with E-state index in [1.165, 1.54) is 17.5 Å². The maximum Gasteiger partial charge on any atom is 0.269 e. The minimum Gasteiger partial charge on any atom is -0.756 e. The summed E-state index contributed by atoms with van der Waals surface area (Å²) in [6.45, 7) is 3.12. The van der Waals surface area contributed by atoms with Crippen LogP contribution in [-0.4, -0.2) is 59.1 Å². The van der Waals surface area contributed by atoms with Gasteiger partial charge in [0.05, 0.1) is 19.1 Å². The molecular formula is C20H27N2O5P. The van der Waals surface area contributed by atoms with Crippen molar-refractivity contribution in [3.63, 3.8) is 0 Å². The van der Waals surface area contributed by atoms with Gasteiger partial charge < -0.3 is 14.7 Å². The van der Waals surface area contributed by atoms with Crippen LogP contribution in [0.3, 0.4) is 0 Å². The summed E-state index contributed by atoms with van der Waals surface area (Å²) in [4.78, 5) is 35.6. The summed E-state index contributed by atoms with van der Waals surface area (Å²) < 4.78 is 16.4. The van der Waals surface area contributed by atoms with E-state index in [1.807, 2.05) is 12.1 Å². The van der Waals surface area contributed by atoms with E-state index < -0.39 is 7.82 Å². The second-order valence-electron chi connectivity index (χ2n) is 9.03. The molecule has 1 aromatic carbocycles. The highest BCUT2D eigenvalue weighted by Gasteiger charge is 2.51. The number of rotatable bonds is 4. The number of phosphoric acid groups is 1. The summed E-state index contributed by atoms with van der Waals surface area (Å²) in [5.41, 5.74) is 3.48. The monoisotopic (exact) mass is 406 g/mol. The number of benzene rings is 1. The fourth-order valence-electron chi connectivity index (χ4n) is 6.11. The molecule has 28 heavy (non-hydrogen) atoms. The van der Waals surface area contributed by atoms with Crippen LogP contribution >= 0.6 is 7.82 Å². The van der Waals surface area contributed by atoms with Gasteiger partial charge in [-0.3, -0.25) is 18.4 Å². The van der Waals surface area contributed by atoms with E-state index in [-0.39, 0.29) is 18.7 Å². The van der Waals surface area contributed by atoms with Crippen LogP contribution in [0.4, 0.5) is 0 Å². The first-order valence-corrected chi connectivity index (χ1v) is 11.8. The van der Waals surface area contributed by atoms with Gasteiger partial charge in [-0.1, -0.05) is 12.1 Å². The van der Waals surface area contributed by atoms with Gasteiger partial charge in [0.2, 0.25) is 0 Å². The van der Waals surface area contributed by atoms with Crippen molar-refractivity contribution in [3.05, 3.63) is 34.9 Å². The second-order valence-corrected chi connectivity index (χ2v) is 10.2. The molecule has 3 saturated heterocycles. The number of hydrogen-bond donors (Lipinski definition) is 1. The van der Waals surface area contributed by atoms with Gasteiger partial charge in [0.15, 0.2) is 6.73 Å². The summed E-state index contributed by atoms with van der Waals surface area (Å²) in [6.07, 6.45) is 5.28. The van der Waals surface area contributed by atoms with Crippen molar-refractivity contribution in [2.24, 2.45) is 5.92 Å². The zero-order valence-corrected chi connectivity index (χ0v) is 16.9. The number of nitrogens with zero attached hydrogens (tertiary/aromatic N) is 2. The average Bonchev–Trinajstić information content (AvgIpc) is 2.69. The second kappa shape index (κ2) is 6.64. The molecule has 0 spiro atoms. The van der Waals surface area contributed by atoms with Crippen molar-refractivity contribution in [2.75, 3.05) is 32.9 Å². The molecule has 4 aliphatic heterocycles. The summed E-state index contributed by atoms with van der Waals surface area (Å²) in [5.74, 6) is 1.01. The quantitative estimate of drug-likeness (QED) is 0.606. The number of fused-ring (bicyclic) bond motifs is 3. The normalized spacial score (nSPS) is 36.1. The smallest absolute Gasteiger partial charge is 0.269 e. The molecule has 1 unspecified atom stereocenters. The molecule has 8 heteroatoms. The zero-order valence-electron chi connectivity index (χ0n) is 16.0. The Balaban J connectivity index is 1.42. The van der Waals surface area contributed by atoms with Crippen molar-refractivity contribution in [3.8, 4) is 0 Å². The molecule has 1 aliphatic carbocycles. The standard InChI is InChI=1S/C20H27N2O5P/c23-20-17-6-2-4-15-3-1-5-16(19(15)17)11-21(20)18-12-22(13-27-28(24,25)26)9-7-14(18)8-10-22/h2,4,6,14,16,18H,1,3,5,7-13H2,(H-,24,25,26)/t14?,16-,18-,22?/m1/s1. The van der Waals surface area contributed by atoms with Gasteiger partial charge >= 0.3 is 0 Å². The maximum absolute atomic E-state index is 13.4. The van der Waals surface area contributed by atoms with Gasteiger partial charge in [-0.05, 0) is 42.4 Å². The lowest BCUT2D eigenvalue weighted by Gasteiger charge is -2.55. The fraction of sp³-hybridized carbons (Fsp3) is 0.650. The fourth-order valence-corrected chi connectivity index (χ4v) is 6.50. The SMILES string of the molecule is O=C1c2cccc3c2[C@H](CCC3)CN1[C@@H]1C[N+]2(COP(=O)([O-])O)CCC1CC2. The lowest BCUT2D eigenvalue weighted by atomic mass is 9.75. The molecule has 0 saturated carbocycles. The van der Waals surface area contributed by atoms with E-state index in [1.54, 1.807) is 0 Å². The average molecular weight is 406 g/mol. The molecule has 152 valence electrons. The van der Waals surface area contributed by atoms with Gasteiger partial charge in [-0.25, -0.2) is 0 Å². The summed E-state index contributed by atoms with van der Waals surface area (Å²) in [6, 6.07) is 6.25. The third-order valence-corrected chi connectivity index (χ3v) is 7.92. The van der Waals surface area contributed by atoms with Gasteiger partial charge in [0, 0.05) is 30.9 Å². The molecule has 3 atom stereocenters. The van der Waals surface area contributed by atoms with Crippen molar-refractivity contribution < 1.29 is 28.2 Å². The predicted molar refractivity (Wildman–Crippen MR) is 100 cm³/mol. The molecule has 0 radical (unpaired) electrons. The first kappa shape index (κ1) is 18.8. The van der Waals surface area contributed by atoms with Crippen LogP contribution in [0.1, 0.15) is 53.1 Å². The lowest BCUT2D eigenvalue weighted by Crippen LogP contribution is -2.69. The maximum atomic E-state index is 13.4. The van der Waals surface area contributed by atoms with Crippen molar-refractivity contribution in [1.82, 2.24) is 4.90 Å². The third kappa shape index (κ3) is 3.14. The summed E-state index contributed by atoms with van der Waals surface area (Å²) >= 11 is 0. The Morgan fingerprint density at radius 3 is 2.82 bits per heavy atom.